The van der Waals surface area contributed by atoms with E-state index in [-0.39, 0.29) is 30.3 Å². The van der Waals surface area contributed by atoms with Crippen LogP contribution < -0.4 is 10.1 Å². The van der Waals surface area contributed by atoms with Crippen LogP contribution in [0.3, 0.4) is 0 Å². The molecule has 0 saturated heterocycles. The summed E-state index contributed by atoms with van der Waals surface area (Å²) in [7, 11) is 1.55. The monoisotopic (exact) mass is 485 g/mol. The van der Waals surface area contributed by atoms with Gasteiger partial charge in [-0.2, -0.15) is 0 Å². The molecular weight excluding hydrogens is 448 g/mol. The van der Waals surface area contributed by atoms with Crippen molar-refractivity contribution in [3.05, 3.63) is 60.2 Å². The van der Waals surface area contributed by atoms with Gasteiger partial charge in [-0.25, -0.2) is 8.78 Å². The molecular formula is C29H37F2NO3. The minimum absolute atomic E-state index is 0.106. The van der Waals surface area contributed by atoms with E-state index < -0.39 is 23.9 Å². The van der Waals surface area contributed by atoms with Crippen LogP contribution in [0.5, 0.6) is 5.75 Å². The number of hydrogen-bond donors (Lipinski definition) is 1. The molecule has 4 rings (SSSR count). The second-order valence-electron chi connectivity index (χ2n) is 10.8. The van der Waals surface area contributed by atoms with Crippen molar-refractivity contribution in [1.82, 2.24) is 0 Å². The van der Waals surface area contributed by atoms with Gasteiger partial charge in [0.25, 0.3) is 5.92 Å². The Kier molecular flexibility index (Phi) is 7.39. The van der Waals surface area contributed by atoms with E-state index in [1.807, 2.05) is 18.2 Å². The van der Waals surface area contributed by atoms with Crippen molar-refractivity contribution in [2.75, 3.05) is 12.4 Å². The Bertz CT molecular complexity index is 993. The molecule has 0 heterocycles. The molecule has 2 aromatic carbocycles. The summed E-state index contributed by atoms with van der Waals surface area (Å²) in [4.78, 5) is 13.4. The van der Waals surface area contributed by atoms with Crippen molar-refractivity contribution in [3.63, 3.8) is 0 Å². The van der Waals surface area contributed by atoms with Crippen LogP contribution in [0.25, 0.3) is 0 Å². The summed E-state index contributed by atoms with van der Waals surface area (Å²) in [6, 6.07) is 15.8. The highest BCUT2D eigenvalue weighted by Gasteiger charge is 2.54. The lowest BCUT2D eigenvalue weighted by Gasteiger charge is -2.44. The Morgan fingerprint density at radius 2 is 1.71 bits per heavy atom. The number of esters is 1. The van der Waals surface area contributed by atoms with E-state index in [1.165, 1.54) is 5.56 Å². The molecule has 2 aliphatic rings. The number of nitrogens with one attached hydrogen (secondary N) is 1. The summed E-state index contributed by atoms with van der Waals surface area (Å²) < 4.78 is 41.1. The van der Waals surface area contributed by atoms with E-state index in [1.54, 1.807) is 31.4 Å². The number of alkyl halides is 2. The predicted molar refractivity (Wildman–Crippen MR) is 134 cm³/mol. The number of carbonyl (C=O) groups is 1. The largest absolute Gasteiger partial charge is 0.497 e. The highest BCUT2D eigenvalue weighted by atomic mass is 19.3. The van der Waals surface area contributed by atoms with E-state index in [0.717, 1.165) is 19.3 Å². The molecule has 2 fully saturated rings. The first-order valence-corrected chi connectivity index (χ1v) is 12.7. The summed E-state index contributed by atoms with van der Waals surface area (Å²) in [6.45, 7) is 6.56. The van der Waals surface area contributed by atoms with Gasteiger partial charge in [0.05, 0.1) is 13.0 Å². The van der Waals surface area contributed by atoms with Crippen molar-refractivity contribution in [2.45, 2.75) is 76.4 Å². The fourth-order valence-corrected chi connectivity index (χ4v) is 5.89. The van der Waals surface area contributed by atoms with Crippen LogP contribution in [-0.4, -0.2) is 31.1 Å². The molecule has 2 aliphatic carbocycles. The van der Waals surface area contributed by atoms with Crippen molar-refractivity contribution >= 4 is 11.7 Å². The van der Waals surface area contributed by atoms with Crippen LogP contribution in [0.4, 0.5) is 14.5 Å². The molecule has 0 spiro atoms. The van der Waals surface area contributed by atoms with Crippen molar-refractivity contribution in [1.29, 1.82) is 0 Å². The van der Waals surface area contributed by atoms with Gasteiger partial charge in [0.2, 0.25) is 0 Å². The quantitative estimate of drug-likeness (QED) is 0.436. The van der Waals surface area contributed by atoms with E-state index >= 15 is 0 Å². The van der Waals surface area contributed by atoms with E-state index in [4.69, 9.17) is 9.47 Å². The Labute approximate surface area is 207 Å². The van der Waals surface area contributed by atoms with Crippen LogP contribution in [0, 0.1) is 17.8 Å². The number of carbonyl (C=O) groups excluding carboxylic acids is 1. The molecule has 35 heavy (non-hydrogen) atoms. The predicted octanol–water partition coefficient (Wildman–Crippen LogP) is 6.85. The van der Waals surface area contributed by atoms with Gasteiger partial charge < -0.3 is 14.8 Å². The maximum absolute atomic E-state index is 14.9. The van der Waals surface area contributed by atoms with Gasteiger partial charge in [-0.1, -0.05) is 57.5 Å². The van der Waals surface area contributed by atoms with Gasteiger partial charge in [0.15, 0.2) is 0 Å². The van der Waals surface area contributed by atoms with Gasteiger partial charge in [-0.05, 0) is 60.4 Å². The second-order valence-corrected chi connectivity index (χ2v) is 10.8. The molecule has 0 aromatic heterocycles. The Morgan fingerprint density at radius 1 is 1.03 bits per heavy atom. The first-order chi connectivity index (χ1) is 16.6. The van der Waals surface area contributed by atoms with E-state index in [0.29, 0.717) is 17.4 Å². The molecule has 4 nitrogen and oxygen atoms in total. The van der Waals surface area contributed by atoms with Gasteiger partial charge >= 0.3 is 5.97 Å². The average Bonchev–Trinajstić information content (AvgIpc) is 3.14. The van der Waals surface area contributed by atoms with Crippen LogP contribution in [0.1, 0.15) is 58.4 Å². The molecule has 1 N–H and O–H groups in total. The lowest BCUT2D eigenvalue weighted by Crippen LogP contribution is -2.46. The molecule has 0 amide bonds. The zero-order valence-electron chi connectivity index (χ0n) is 21.1. The molecule has 0 aliphatic heterocycles. The van der Waals surface area contributed by atoms with Crippen LogP contribution in [0.2, 0.25) is 0 Å². The zero-order chi connectivity index (χ0) is 25.2. The number of ether oxygens (including phenoxy) is 2. The first kappa shape index (κ1) is 25.5. The molecule has 190 valence electrons. The van der Waals surface area contributed by atoms with Crippen molar-refractivity contribution < 1.29 is 23.0 Å². The lowest BCUT2D eigenvalue weighted by atomic mass is 9.64. The van der Waals surface area contributed by atoms with Crippen LogP contribution in [-0.2, 0) is 14.9 Å². The Hall–Kier alpha value is -2.63. The van der Waals surface area contributed by atoms with E-state index in [2.05, 4.69) is 38.2 Å². The maximum Gasteiger partial charge on any atom is 0.311 e. The maximum atomic E-state index is 14.9. The SMILES string of the molecule is COc1ccc(N[C@H]2[C@H](C(=O)O[C@@H]3C[C@H](C)CC[C@H]3C(C)(C)c3ccccc3)CCC2(F)F)cc1. The average molecular weight is 486 g/mol. The fourth-order valence-electron chi connectivity index (χ4n) is 5.89. The van der Waals surface area contributed by atoms with Gasteiger partial charge in [-0.15, -0.1) is 0 Å². The third kappa shape index (κ3) is 5.46. The zero-order valence-corrected chi connectivity index (χ0v) is 21.1. The third-order valence-electron chi connectivity index (χ3n) is 8.13. The lowest BCUT2D eigenvalue weighted by molar-refractivity contribution is -0.162. The summed E-state index contributed by atoms with van der Waals surface area (Å²) >= 11 is 0. The van der Waals surface area contributed by atoms with Crippen molar-refractivity contribution in [2.24, 2.45) is 17.8 Å². The summed E-state index contributed by atoms with van der Waals surface area (Å²) in [5.74, 6) is -3.21. The number of rotatable bonds is 7. The number of methoxy groups -OCH3 is 1. The topological polar surface area (TPSA) is 47.6 Å². The van der Waals surface area contributed by atoms with Gasteiger partial charge in [0, 0.05) is 18.0 Å². The molecule has 6 heteroatoms. The standard InChI is InChI=1S/C29H37F2NO3/c1-19-10-15-24(28(2,3)20-8-6-5-7-9-20)25(18-19)35-27(33)23-16-17-29(30,31)26(23)32-21-11-13-22(34-4)14-12-21/h5-9,11-14,19,23-26,32H,10,15-18H2,1-4H3/t19-,23-,24-,25-,26+/m1/s1. The normalized spacial score (nSPS) is 28.3. The fraction of sp³-hybridized carbons (Fsp3) is 0.552. The molecule has 5 atom stereocenters. The highest BCUT2D eigenvalue weighted by Crippen LogP contribution is 2.46. The smallest absolute Gasteiger partial charge is 0.311 e. The van der Waals surface area contributed by atoms with Gasteiger partial charge in [0.1, 0.15) is 17.9 Å². The summed E-state index contributed by atoms with van der Waals surface area (Å²) in [6.07, 6.45) is 2.24. The first-order valence-electron chi connectivity index (χ1n) is 12.7. The minimum atomic E-state index is -2.99. The summed E-state index contributed by atoms with van der Waals surface area (Å²) in [5.41, 5.74) is 1.53. The molecule has 2 aromatic rings. The number of benzene rings is 2. The molecule has 0 bridgehead atoms. The minimum Gasteiger partial charge on any atom is -0.497 e. The summed E-state index contributed by atoms with van der Waals surface area (Å²) in [5, 5.41) is 2.92. The second kappa shape index (κ2) is 10.2. The molecule has 2 saturated carbocycles. The van der Waals surface area contributed by atoms with Crippen LogP contribution >= 0.6 is 0 Å². The highest BCUT2D eigenvalue weighted by molar-refractivity contribution is 5.75. The number of anilines is 1. The van der Waals surface area contributed by atoms with Crippen LogP contribution in [0.15, 0.2) is 54.6 Å². The Balaban J connectivity index is 1.52. The molecule has 0 radical (unpaired) electrons. The number of hydrogen-bond acceptors (Lipinski definition) is 4. The van der Waals surface area contributed by atoms with E-state index in [9.17, 15) is 13.6 Å². The van der Waals surface area contributed by atoms with Gasteiger partial charge in [-0.3, -0.25) is 4.79 Å². The third-order valence-corrected chi connectivity index (χ3v) is 8.13. The molecule has 0 unspecified atom stereocenters. The number of halogens is 2. The van der Waals surface area contributed by atoms with Crippen molar-refractivity contribution in [3.8, 4) is 5.75 Å². The Morgan fingerprint density at radius 3 is 2.37 bits per heavy atom.